The molecule has 0 fully saturated rings. The highest BCUT2D eigenvalue weighted by Gasteiger charge is 2.20. The lowest BCUT2D eigenvalue weighted by atomic mass is 10.2. The zero-order valence-corrected chi connectivity index (χ0v) is 13.7. The van der Waals surface area contributed by atoms with Crippen molar-refractivity contribution in [2.75, 3.05) is 30.5 Å². The average Bonchev–Trinajstić information content (AvgIpc) is 2.98. The smallest absolute Gasteiger partial charge is 0.268 e. The molecule has 7 heteroatoms. The summed E-state index contributed by atoms with van der Waals surface area (Å²) in [4.78, 5) is 0.199. The van der Waals surface area contributed by atoms with Crippen LogP contribution in [0.1, 0.15) is 0 Å². The lowest BCUT2D eigenvalue weighted by molar-refractivity contribution is 0.589. The van der Waals surface area contributed by atoms with Crippen LogP contribution in [0.15, 0.2) is 53.6 Å². The molecule has 0 saturated carbocycles. The van der Waals surface area contributed by atoms with Crippen LogP contribution in [0.2, 0.25) is 0 Å². The monoisotopic (exact) mass is 330 g/mol. The molecule has 1 heterocycles. The molecule has 0 amide bonds. The minimum atomic E-state index is -3.68. The third-order valence-corrected chi connectivity index (χ3v) is 5.47. The van der Waals surface area contributed by atoms with Crippen LogP contribution in [0.5, 0.6) is 0 Å². The number of fused-ring (bicyclic) bond motifs is 1. The molecular weight excluding hydrogens is 312 g/mol. The molecule has 1 aromatic heterocycles. The fourth-order valence-electron chi connectivity index (χ4n) is 2.53. The van der Waals surface area contributed by atoms with Crippen molar-refractivity contribution in [2.45, 2.75) is 4.90 Å². The Kier molecular flexibility index (Phi) is 3.65. The van der Waals surface area contributed by atoms with Crippen molar-refractivity contribution in [2.24, 2.45) is 0 Å². The van der Waals surface area contributed by atoms with Gasteiger partial charge in [0.25, 0.3) is 10.0 Å². The zero-order chi connectivity index (χ0) is 16.6. The van der Waals surface area contributed by atoms with Crippen molar-refractivity contribution in [1.82, 2.24) is 3.97 Å². The Balaban J connectivity index is 2.25. The molecule has 0 aliphatic heterocycles. The normalized spacial score (nSPS) is 11.6. The molecule has 3 aromatic rings. The molecule has 0 unspecified atom stereocenters. The number of nitrogens with zero attached hydrogens (tertiary/aromatic N) is 1. The third kappa shape index (κ3) is 2.49. The van der Waals surface area contributed by atoms with Gasteiger partial charge in [0, 0.05) is 42.7 Å². The first-order valence-corrected chi connectivity index (χ1v) is 8.53. The van der Waals surface area contributed by atoms with Crippen molar-refractivity contribution >= 4 is 38.0 Å². The standard InChI is InChI=1S/C16H18N4O2S/c1-18-12-9-15(19-2)14-7-8-20(16(14)10-12)23(21,22)13-5-3-11(17)4-6-13/h3-10,18-19H,17H2,1-2H3. The van der Waals surface area contributed by atoms with E-state index in [1.807, 2.05) is 12.1 Å². The van der Waals surface area contributed by atoms with Crippen LogP contribution in [0.25, 0.3) is 10.9 Å². The summed E-state index contributed by atoms with van der Waals surface area (Å²) in [5.74, 6) is 0. The molecule has 0 aliphatic carbocycles. The van der Waals surface area contributed by atoms with E-state index in [-0.39, 0.29) is 4.90 Å². The molecule has 0 atom stereocenters. The van der Waals surface area contributed by atoms with E-state index in [1.54, 1.807) is 38.5 Å². The van der Waals surface area contributed by atoms with Gasteiger partial charge in [0.05, 0.1) is 10.4 Å². The number of nitrogens with two attached hydrogens (primary N) is 1. The number of nitrogen functional groups attached to an aromatic ring is 1. The van der Waals surface area contributed by atoms with E-state index in [1.165, 1.54) is 16.1 Å². The van der Waals surface area contributed by atoms with Gasteiger partial charge in [-0.15, -0.1) is 0 Å². The van der Waals surface area contributed by atoms with Gasteiger partial charge >= 0.3 is 0 Å². The van der Waals surface area contributed by atoms with E-state index in [2.05, 4.69) is 10.6 Å². The summed E-state index contributed by atoms with van der Waals surface area (Å²) in [6.07, 6.45) is 1.57. The van der Waals surface area contributed by atoms with Gasteiger partial charge in [-0.25, -0.2) is 12.4 Å². The molecule has 120 valence electrons. The predicted molar refractivity (Wildman–Crippen MR) is 94.5 cm³/mol. The van der Waals surface area contributed by atoms with Gasteiger partial charge in [-0.1, -0.05) is 0 Å². The SMILES string of the molecule is CNc1cc(NC)c2ccn(S(=O)(=O)c3ccc(N)cc3)c2c1. The van der Waals surface area contributed by atoms with Gasteiger partial charge in [-0.2, -0.15) is 0 Å². The largest absolute Gasteiger partial charge is 0.399 e. The number of hydrogen-bond acceptors (Lipinski definition) is 5. The quantitative estimate of drug-likeness (QED) is 0.640. The van der Waals surface area contributed by atoms with Crippen LogP contribution >= 0.6 is 0 Å². The Bertz CT molecular complexity index is 960. The van der Waals surface area contributed by atoms with Crippen LogP contribution in [0.3, 0.4) is 0 Å². The summed E-state index contributed by atoms with van der Waals surface area (Å²) >= 11 is 0. The molecule has 2 aromatic carbocycles. The average molecular weight is 330 g/mol. The highest BCUT2D eigenvalue weighted by Crippen LogP contribution is 2.31. The van der Waals surface area contributed by atoms with Crippen LogP contribution < -0.4 is 16.4 Å². The van der Waals surface area contributed by atoms with Gasteiger partial charge in [0.15, 0.2) is 0 Å². The van der Waals surface area contributed by atoms with Crippen molar-refractivity contribution < 1.29 is 8.42 Å². The van der Waals surface area contributed by atoms with E-state index in [4.69, 9.17) is 5.73 Å². The van der Waals surface area contributed by atoms with Gasteiger partial charge < -0.3 is 16.4 Å². The van der Waals surface area contributed by atoms with Crippen molar-refractivity contribution in [3.05, 3.63) is 48.7 Å². The molecule has 0 aliphatic rings. The first-order chi connectivity index (χ1) is 11.0. The van der Waals surface area contributed by atoms with Crippen LogP contribution in [0.4, 0.5) is 17.1 Å². The Morgan fingerprint density at radius 3 is 2.30 bits per heavy atom. The van der Waals surface area contributed by atoms with Gasteiger partial charge in [0.1, 0.15) is 0 Å². The maximum absolute atomic E-state index is 12.9. The maximum atomic E-state index is 12.9. The summed E-state index contributed by atoms with van der Waals surface area (Å²) in [5.41, 5.74) is 8.46. The Labute approximate surface area is 135 Å². The fraction of sp³-hybridized carbons (Fsp3) is 0.125. The molecule has 0 bridgehead atoms. The Morgan fingerprint density at radius 2 is 1.70 bits per heavy atom. The van der Waals surface area contributed by atoms with E-state index >= 15 is 0 Å². The second-order valence-electron chi connectivity index (χ2n) is 5.14. The summed E-state index contributed by atoms with van der Waals surface area (Å²) in [7, 11) is -0.0838. The molecule has 0 saturated heterocycles. The maximum Gasteiger partial charge on any atom is 0.268 e. The molecule has 0 spiro atoms. The van der Waals surface area contributed by atoms with Gasteiger partial charge in [-0.3, -0.25) is 0 Å². The molecular formula is C16H18N4O2S. The summed E-state index contributed by atoms with van der Waals surface area (Å²) in [6, 6.07) is 11.7. The van der Waals surface area contributed by atoms with Crippen LogP contribution in [0, 0.1) is 0 Å². The van der Waals surface area contributed by atoms with Crippen molar-refractivity contribution in [1.29, 1.82) is 0 Å². The number of hydrogen-bond donors (Lipinski definition) is 3. The highest BCUT2D eigenvalue weighted by atomic mass is 32.2. The van der Waals surface area contributed by atoms with Crippen LogP contribution in [-0.4, -0.2) is 26.5 Å². The van der Waals surface area contributed by atoms with E-state index in [0.717, 1.165) is 16.8 Å². The van der Waals surface area contributed by atoms with Crippen LogP contribution in [-0.2, 0) is 10.0 Å². The minimum absolute atomic E-state index is 0.199. The molecule has 23 heavy (non-hydrogen) atoms. The minimum Gasteiger partial charge on any atom is -0.399 e. The van der Waals surface area contributed by atoms with E-state index < -0.39 is 10.0 Å². The molecule has 3 rings (SSSR count). The second kappa shape index (κ2) is 5.51. The van der Waals surface area contributed by atoms with E-state index in [0.29, 0.717) is 11.2 Å². The number of rotatable bonds is 4. The summed E-state index contributed by atoms with van der Waals surface area (Å²) in [5, 5.41) is 6.98. The zero-order valence-electron chi connectivity index (χ0n) is 12.9. The second-order valence-corrected chi connectivity index (χ2v) is 6.96. The predicted octanol–water partition coefficient (Wildman–Crippen LogP) is 2.54. The van der Waals surface area contributed by atoms with Crippen molar-refractivity contribution in [3.8, 4) is 0 Å². The lowest BCUT2D eigenvalue weighted by Crippen LogP contribution is -2.12. The number of aromatic nitrogens is 1. The molecule has 0 radical (unpaired) electrons. The molecule has 6 nitrogen and oxygen atoms in total. The molecule has 4 N–H and O–H groups in total. The third-order valence-electron chi connectivity index (χ3n) is 3.77. The number of nitrogens with one attached hydrogen (secondary N) is 2. The van der Waals surface area contributed by atoms with Gasteiger partial charge in [-0.05, 0) is 42.5 Å². The van der Waals surface area contributed by atoms with Crippen molar-refractivity contribution in [3.63, 3.8) is 0 Å². The van der Waals surface area contributed by atoms with E-state index in [9.17, 15) is 8.42 Å². The summed E-state index contributed by atoms with van der Waals surface area (Å²) < 4.78 is 27.1. The van der Waals surface area contributed by atoms with Gasteiger partial charge in [0.2, 0.25) is 0 Å². The number of benzene rings is 2. The Morgan fingerprint density at radius 1 is 1.00 bits per heavy atom. The highest BCUT2D eigenvalue weighted by molar-refractivity contribution is 7.90. The topological polar surface area (TPSA) is 89.2 Å². The number of anilines is 3. The fourth-order valence-corrected chi connectivity index (χ4v) is 3.87. The lowest BCUT2D eigenvalue weighted by Gasteiger charge is -2.11. The first kappa shape index (κ1) is 15.2. The first-order valence-electron chi connectivity index (χ1n) is 7.09. The Hall–Kier alpha value is -2.67. The summed E-state index contributed by atoms with van der Waals surface area (Å²) in [6.45, 7) is 0.